The van der Waals surface area contributed by atoms with Crippen LogP contribution in [-0.4, -0.2) is 24.9 Å². The summed E-state index contributed by atoms with van der Waals surface area (Å²) in [5, 5.41) is 13.6. The molecule has 0 heterocycles. The second-order valence-corrected chi connectivity index (χ2v) is 5.16. The lowest BCUT2D eigenvalue weighted by Gasteiger charge is -2.17. The molecular formula is C16H16FN3O3. The maximum absolute atomic E-state index is 12.9. The smallest absolute Gasteiger partial charge is 0.270 e. The van der Waals surface area contributed by atoms with Crippen molar-refractivity contribution in [2.75, 3.05) is 19.0 Å². The molecule has 0 aromatic heterocycles. The van der Waals surface area contributed by atoms with Gasteiger partial charge in [0, 0.05) is 38.5 Å². The van der Waals surface area contributed by atoms with E-state index in [0.717, 1.165) is 5.56 Å². The van der Waals surface area contributed by atoms with Crippen molar-refractivity contribution in [3.8, 4) is 0 Å². The standard InChI is InChI=1S/C16H16FN3O3/c1-19(2)15-8-7-13(20(22)23)9-14(15)16(21)18-10-11-3-5-12(17)6-4-11/h3-9H,10H2,1-2H3,(H,18,21). The summed E-state index contributed by atoms with van der Waals surface area (Å²) in [6.45, 7) is 0.203. The van der Waals surface area contributed by atoms with E-state index in [9.17, 15) is 19.3 Å². The van der Waals surface area contributed by atoms with Crippen molar-refractivity contribution in [1.29, 1.82) is 0 Å². The molecule has 2 aromatic carbocycles. The van der Waals surface area contributed by atoms with Gasteiger partial charge in [0.15, 0.2) is 0 Å². The molecule has 120 valence electrons. The zero-order chi connectivity index (χ0) is 17.0. The molecule has 0 aliphatic carbocycles. The number of nitro benzene ring substituents is 1. The number of amides is 1. The van der Waals surface area contributed by atoms with Crippen molar-refractivity contribution in [3.63, 3.8) is 0 Å². The van der Waals surface area contributed by atoms with Crippen LogP contribution in [0.15, 0.2) is 42.5 Å². The van der Waals surface area contributed by atoms with Crippen molar-refractivity contribution in [3.05, 3.63) is 69.5 Å². The topological polar surface area (TPSA) is 75.5 Å². The van der Waals surface area contributed by atoms with E-state index in [-0.39, 0.29) is 23.6 Å². The molecule has 0 aliphatic rings. The van der Waals surface area contributed by atoms with Crippen LogP contribution < -0.4 is 10.2 Å². The molecule has 6 nitrogen and oxygen atoms in total. The molecule has 0 saturated heterocycles. The van der Waals surface area contributed by atoms with Crippen molar-refractivity contribution < 1.29 is 14.1 Å². The molecule has 0 radical (unpaired) electrons. The second kappa shape index (κ2) is 6.87. The Morgan fingerprint density at radius 2 is 1.87 bits per heavy atom. The summed E-state index contributed by atoms with van der Waals surface area (Å²) in [5.74, 6) is -0.782. The Balaban J connectivity index is 2.21. The van der Waals surface area contributed by atoms with E-state index < -0.39 is 10.8 Å². The summed E-state index contributed by atoms with van der Waals surface area (Å²) in [4.78, 5) is 24.4. The molecule has 2 aromatic rings. The fraction of sp³-hybridized carbons (Fsp3) is 0.188. The van der Waals surface area contributed by atoms with Crippen LogP contribution in [0.3, 0.4) is 0 Å². The average molecular weight is 317 g/mol. The van der Waals surface area contributed by atoms with Gasteiger partial charge < -0.3 is 10.2 Å². The van der Waals surface area contributed by atoms with Crippen LogP contribution in [0.5, 0.6) is 0 Å². The quantitative estimate of drug-likeness (QED) is 0.679. The van der Waals surface area contributed by atoms with Crippen LogP contribution >= 0.6 is 0 Å². The zero-order valence-corrected chi connectivity index (χ0v) is 12.7. The van der Waals surface area contributed by atoms with Crippen molar-refractivity contribution in [2.45, 2.75) is 6.54 Å². The van der Waals surface area contributed by atoms with E-state index in [1.54, 1.807) is 31.1 Å². The maximum atomic E-state index is 12.9. The van der Waals surface area contributed by atoms with E-state index in [1.165, 1.54) is 30.3 Å². The van der Waals surface area contributed by atoms with Crippen LogP contribution in [0.25, 0.3) is 0 Å². The summed E-state index contributed by atoms with van der Waals surface area (Å²) in [6, 6.07) is 9.87. The molecule has 0 saturated carbocycles. The predicted molar refractivity (Wildman–Crippen MR) is 85.0 cm³/mol. The number of nitrogens with zero attached hydrogens (tertiary/aromatic N) is 2. The summed E-state index contributed by atoms with van der Waals surface area (Å²) in [6.07, 6.45) is 0. The van der Waals surface area contributed by atoms with Gasteiger partial charge in [-0.05, 0) is 23.8 Å². The molecule has 2 rings (SSSR count). The molecular weight excluding hydrogens is 301 g/mol. The van der Waals surface area contributed by atoms with E-state index >= 15 is 0 Å². The molecule has 0 fully saturated rings. The number of benzene rings is 2. The van der Waals surface area contributed by atoms with Crippen LogP contribution in [0, 0.1) is 15.9 Å². The summed E-state index contributed by atoms with van der Waals surface area (Å²) in [7, 11) is 3.50. The van der Waals surface area contributed by atoms with Gasteiger partial charge in [-0.25, -0.2) is 4.39 Å². The van der Waals surface area contributed by atoms with Gasteiger partial charge in [-0.1, -0.05) is 12.1 Å². The molecule has 23 heavy (non-hydrogen) atoms. The van der Waals surface area contributed by atoms with Crippen molar-refractivity contribution in [2.24, 2.45) is 0 Å². The molecule has 0 aliphatic heterocycles. The lowest BCUT2D eigenvalue weighted by molar-refractivity contribution is -0.384. The van der Waals surface area contributed by atoms with E-state index in [4.69, 9.17) is 0 Å². The first-order valence-electron chi connectivity index (χ1n) is 6.87. The highest BCUT2D eigenvalue weighted by molar-refractivity contribution is 6.00. The molecule has 1 amide bonds. The van der Waals surface area contributed by atoms with Gasteiger partial charge >= 0.3 is 0 Å². The highest BCUT2D eigenvalue weighted by atomic mass is 19.1. The normalized spacial score (nSPS) is 10.2. The van der Waals surface area contributed by atoms with Crippen LogP contribution in [0.4, 0.5) is 15.8 Å². The lowest BCUT2D eigenvalue weighted by Crippen LogP contribution is -2.25. The summed E-state index contributed by atoms with van der Waals surface area (Å²) >= 11 is 0. The monoisotopic (exact) mass is 317 g/mol. The Morgan fingerprint density at radius 1 is 1.22 bits per heavy atom. The van der Waals surface area contributed by atoms with Gasteiger partial charge in [0.2, 0.25) is 0 Å². The molecule has 0 bridgehead atoms. The Hall–Kier alpha value is -2.96. The number of carbonyl (C=O) groups is 1. The first-order chi connectivity index (χ1) is 10.9. The van der Waals surface area contributed by atoms with Gasteiger partial charge in [-0.3, -0.25) is 14.9 Å². The summed E-state index contributed by atoms with van der Waals surface area (Å²) in [5.41, 5.74) is 1.37. The molecule has 0 unspecified atom stereocenters. The fourth-order valence-corrected chi connectivity index (χ4v) is 2.09. The Morgan fingerprint density at radius 3 is 2.43 bits per heavy atom. The number of nitro groups is 1. The second-order valence-electron chi connectivity index (χ2n) is 5.16. The fourth-order valence-electron chi connectivity index (χ4n) is 2.09. The minimum atomic E-state index is -0.545. The molecule has 0 spiro atoms. The number of rotatable bonds is 5. The van der Waals surface area contributed by atoms with E-state index in [2.05, 4.69) is 5.32 Å². The highest BCUT2D eigenvalue weighted by Gasteiger charge is 2.17. The number of anilines is 1. The van der Waals surface area contributed by atoms with Gasteiger partial charge in [-0.2, -0.15) is 0 Å². The highest BCUT2D eigenvalue weighted by Crippen LogP contribution is 2.24. The van der Waals surface area contributed by atoms with Crippen LogP contribution in [-0.2, 0) is 6.54 Å². The molecule has 7 heteroatoms. The predicted octanol–water partition coefficient (Wildman–Crippen LogP) is 2.73. The first-order valence-corrected chi connectivity index (χ1v) is 6.87. The minimum Gasteiger partial charge on any atom is -0.377 e. The summed E-state index contributed by atoms with van der Waals surface area (Å²) < 4.78 is 12.9. The Labute approximate surface area is 132 Å². The van der Waals surface area contributed by atoms with Crippen LogP contribution in [0.1, 0.15) is 15.9 Å². The van der Waals surface area contributed by atoms with Crippen molar-refractivity contribution >= 4 is 17.3 Å². The van der Waals surface area contributed by atoms with Gasteiger partial charge in [0.1, 0.15) is 5.82 Å². The minimum absolute atomic E-state index is 0.150. The average Bonchev–Trinajstić information content (AvgIpc) is 2.53. The Kier molecular flexibility index (Phi) is 4.90. The van der Waals surface area contributed by atoms with E-state index in [1.807, 2.05) is 0 Å². The van der Waals surface area contributed by atoms with Gasteiger partial charge in [0.05, 0.1) is 10.5 Å². The molecule has 1 N–H and O–H groups in total. The Bertz CT molecular complexity index is 730. The number of hydrogen-bond acceptors (Lipinski definition) is 4. The third-order valence-electron chi connectivity index (χ3n) is 3.28. The third-order valence-corrected chi connectivity index (χ3v) is 3.28. The number of carbonyl (C=O) groups excluding carboxylic acids is 1. The zero-order valence-electron chi connectivity index (χ0n) is 12.7. The molecule has 0 atom stereocenters. The first kappa shape index (κ1) is 16.4. The van der Waals surface area contributed by atoms with Gasteiger partial charge in [-0.15, -0.1) is 0 Å². The SMILES string of the molecule is CN(C)c1ccc([N+](=O)[O-])cc1C(=O)NCc1ccc(F)cc1. The van der Waals surface area contributed by atoms with E-state index in [0.29, 0.717) is 5.69 Å². The number of halogens is 1. The third kappa shape index (κ3) is 4.03. The van der Waals surface area contributed by atoms with Crippen LogP contribution in [0.2, 0.25) is 0 Å². The maximum Gasteiger partial charge on any atom is 0.270 e. The lowest BCUT2D eigenvalue weighted by atomic mass is 10.1. The van der Waals surface area contributed by atoms with Gasteiger partial charge in [0.25, 0.3) is 11.6 Å². The largest absolute Gasteiger partial charge is 0.377 e. The number of hydrogen-bond donors (Lipinski definition) is 1. The van der Waals surface area contributed by atoms with Crippen molar-refractivity contribution in [1.82, 2.24) is 5.32 Å². The number of nitrogens with one attached hydrogen (secondary N) is 1. The number of non-ortho nitro benzene ring substituents is 1.